The fraction of sp³-hybridized carbons (Fsp3) is 0.345. The zero-order valence-electron chi connectivity index (χ0n) is 21.1. The number of nitrogens with one attached hydrogen (secondary N) is 1. The number of fused-ring (bicyclic) bond motifs is 1. The number of furan rings is 1. The van der Waals surface area contributed by atoms with E-state index in [4.69, 9.17) is 13.9 Å². The van der Waals surface area contributed by atoms with Gasteiger partial charge in [0.25, 0.3) is 0 Å². The quantitative estimate of drug-likeness (QED) is 0.344. The number of rotatable bonds is 10. The summed E-state index contributed by atoms with van der Waals surface area (Å²) in [6, 6.07) is 20.5. The van der Waals surface area contributed by atoms with E-state index in [0.717, 1.165) is 85.2 Å². The highest BCUT2D eigenvalue weighted by Gasteiger charge is 2.21. The van der Waals surface area contributed by atoms with Crippen molar-refractivity contribution >= 4 is 16.8 Å². The van der Waals surface area contributed by atoms with Crippen LogP contribution in [0, 0.1) is 0 Å². The summed E-state index contributed by atoms with van der Waals surface area (Å²) in [6.45, 7) is 6.90. The largest absolute Gasteiger partial charge is 0.492 e. The van der Waals surface area contributed by atoms with Crippen LogP contribution in [0.1, 0.15) is 0 Å². The molecule has 0 saturated carbocycles. The number of nitrogens with zero attached hydrogens (tertiary/aromatic N) is 3. The van der Waals surface area contributed by atoms with Crippen molar-refractivity contribution in [2.75, 3.05) is 72.0 Å². The molecule has 0 unspecified atom stereocenters. The Kier molecular flexibility index (Phi) is 7.81. The molecule has 0 bridgehead atoms. The smallest absolute Gasteiger partial charge is 0.229 e. The molecule has 5 rings (SSSR count). The van der Waals surface area contributed by atoms with Gasteiger partial charge in [-0.1, -0.05) is 30.3 Å². The number of hydrogen-bond acceptors (Lipinski definition) is 7. The minimum Gasteiger partial charge on any atom is -0.492 e. The highest BCUT2D eigenvalue weighted by atomic mass is 16.5. The molecule has 1 N–H and O–H groups in total. The van der Waals surface area contributed by atoms with Crippen LogP contribution in [-0.4, -0.2) is 81.4 Å². The van der Waals surface area contributed by atoms with Gasteiger partial charge < -0.3 is 24.1 Å². The first kappa shape index (κ1) is 24.3. The van der Waals surface area contributed by atoms with Crippen LogP contribution in [0.2, 0.25) is 0 Å². The zero-order valence-corrected chi connectivity index (χ0v) is 21.1. The van der Waals surface area contributed by atoms with Gasteiger partial charge in [-0.05, 0) is 50.0 Å². The van der Waals surface area contributed by atoms with Crippen molar-refractivity contribution in [1.82, 2.24) is 14.8 Å². The second-order valence-corrected chi connectivity index (χ2v) is 9.27. The SMILES string of the molecule is CN(C)CCOc1ccc(-c2oc3nccc(NCCN4CCOCC4)c3c2-c2ccccc2)cc1. The predicted octanol–water partition coefficient (Wildman–Crippen LogP) is 4.85. The van der Waals surface area contributed by atoms with Gasteiger partial charge >= 0.3 is 0 Å². The van der Waals surface area contributed by atoms with Crippen molar-refractivity contribution in [3.8, 4) is 28.2 Å². The maximum absolute atomic E-state index is 6.40. The normalized spacial score (nSPS) is 14.4. The molecule has 0 spiro atoms. The van der Waals surface area contributed by atoms with Crippen LogP contribution in [0.15, 0.2) is 71.3 Å². The Morgan fingerprint density at radius 1 is 0.972 bits per heavy atom. The van der Waals surface area contributed by atoms with E-state index in [1.165, 1.54) is 0 Å². The molecule has 0 radical (unpaired) electrons. The first-order valence-corrected chi connectivity index (χ1v) is 12.6. The van der Waals surface area contributed by atoms with E-state index in [0.29, 0.717) is 12.3 Å². The third-order valence-electron chi connectivity index (χ3n) is 6.43. The van der Waals surface area contributed by atoms with E-state index in [1.807, 2.05) is 44.6 Å². The number of morpholine rings is 1. The minimum absolute atomic E-state index is 0.631. The molecular weight excluding hydrogens is 452 g/mol. The third-order valence-corrected chi connectivity index (χ3v) is 6.43. The van der Waals surface area contributed by atoms with Crippen LogP contribution >= 0.6 is 0 Å². The number of hydrogen-bond donors (Lipinski definition) is 1. The number of benzene rings is 2. The summed E-state index contributed by atoms with van der Waals surface area (Å²) in [6.07, 6.45) is 1.81. The van der Waals surface area contributed by atoms with Crippen LogP contribution in [0.5, 0.6) is 5.75 Å². The second kappa shape index (κ2) is 11.6. The number of anilines is 1. The second-order valence-electron chi connectivity index (χ2n) is 9.27. The summed E-state index contributed by atoms with van der Waals surface area (Å²) < 4.78 is 17.8. The van der Waals surface area contributed by atoms with Gasteiger partial charge in [-0.2, -0.15) is 0 Å². The van der Waals surface area contributed by atoms with Gasteiger partial charge in [-0.3, -0.25) is 4.90 Å². The first-order valence-electron chi connectivity index (χ1n) is 12.6. The summed E-state index contributed by atoms with van der Waals surface area (Å²) in [5.41, 5.74) is 4.80. The van der Waals surface area contributed by atoms with Crippen LogP contribution in [-0.2, 0) is 4.74 Å². The Bertz CT molecular complexity index is 1250. The fourth-order valence-corrected chi connectivity index (χ4v) is 4.48. The van der Waals surface area contributed by atoms with E-state index in [1.54, 1.807) is 0 Å². The molecule has 4 aromatic rings. The van der Waals surface area contributed by atoms with Crippen molar-refractivity contribution in [3.63, 3.8) is 0 Å². The minimum atomic E-state index is 0.631. The zero-order chi connectivity index (χ0) is 24.7. The number of aromatic nitrogens is 1. The molecule has 7 nitrogen and oxygen atoms in total. The Hall–Kier alpha value is -3.39. The molecule has 188 valence electrons. The topological polar surface area (TPSA) is 63.0 Å². The lowest BCUT2D eigenvalue weighted by Gasteiger charge is -2.26. The molecule has 1 saturated heterocycles. The highest BCUT2D eigenvalue weighted by molar-refractivity contribution is 6.06. The van der Waals surface area contributed by atoms with Gasteiger partial charge in [0.2, 0.25) is 5.71 Å². The Balaban J connectivity index is 1.46. The van der Waals surface area contributed by atoms with Crippen molar-refractivity contribution in [2.24, 2.45) is 0 Å². The Morgan fingerprint density at radius 3 is 2.50 bits per heavy atom. The summed E-state index contributed by atoms with van der Waals surface area (Å²) in [4.78, 5) is 9.12. The average molecular weight is 487 g/mol. The molecule has 3 heterocycles. The van der Waals surface area contributed by atoms with Gasteiger partial charge in [0.1, 0.15) is 18.1 Å². The van der Waals surface area contributed by atoms with Crippen molar-refractivity contribution in [2.45, 2.75) is 0 Å². The summed E-state index contributed by atoms with van der Waals surface area (Å²) in [7, 11) is 4.08. The van der Waals surface area contributed by atoms with Crippen molar-refractivity contribution in [1.29, 1.82) is 0 Å². The molecule has 2 aromatic carbocycles. The van der Waals surface area contributed by atoms with Crippen LogP contribution in [0.4, 0.5) is 5.69 Å². The van der Waals surface area contributed by atoms with E-state index in [-0.39, 0.29) is 0 Å². The summed E-state index contributed by atoms with van der Waals surface area (Å²) >= 11 is 0. The summed E-state index contributed by atoms with van der Waals surface area (Å²) in [5.74, 6) is 1.66. The third kappa shape index (κ3) is 5.70. The van der Waals surface area contributed by atoms with Gasteiger partial charge in [0.05, 0.1) is 18.6 Å². The Morgan fingerprint density at radius 2 is 1.75 bits per heavy atom. The predicted molar refractivity (Wildman–Crippen MR) is 145 cm³/mol. The number of likely N-dealkylation sites (N-methyl/N-ethyl adjacent to an activating group) is 1. The van der Waals surface area contributed by atoms with Crippen LogP contribution in [0.25, 0.3) is 33.6 Å². The summed E-state index contributed by atoms with van der Waals surface area (Å²) in [5, 5.41) is 4.65. The van der Waals surface area contributed by atoms with E-state index in [9.17, 15) is 0 Å². The lowest BCUT2D eigenvalue weighted by atomic mass is 9.98. The fourth-order valence-electron chi connectivity index (χ4n) is 4.48. The standard InChI is InChI=1S/C29H34N4O3/c1-32(2)16-21-35-24-10-8-23(9-11-24)28-26(22-6-4-3-5-7-22)27-25(12-13-31-29(27)36-28)30-14-15-33-17-19-34-20-18-33/h3-13H,14-21H2,1-2H3,(H,30,31). The monoisotopic (exact) mass is 486 g/mol. The van der Waals surface area contributed by atoms with Gasteiger partial charge in [-0.15, -0.1) is 0 Å². The molecule has 0 aliphatic carbocycles. The highest BCUT2D eigenvalue weighted by Crippen LogP contribution is 2.43. The molecule has 7 heteroatoms. The molecule has 1 fully saturated rings. The van der Waals surface area contributed by atoms with E-state index < -0.39 is 0 Å². The molecule has 1 aliphatic heterocycles. The lowest BCUT2D eigenvalue weighted by molar-refractivity contribution is 0.0398. The molecule has 1 aliphatic rings. The molecule has 36 heavy (non-hydrogen) atoms. The molecular formula is C29H34N4O3. The van der Waals surface area contributed by atoms with Gasteiger partial charge in [0.15, 0.2) is 0 Å². The van der Waals surface area contributed by atoms with Gasteiger partial charge in [0, 0.05) is 55.7 Å². The Labute approximate surface area is 212 Å². The van der Waals surface area contributed by atoms with E-state index >= 15 is 0 Å². The molecule has 0 amide bonds. The molecule has 2 aromatic heterocycles. The van der Waals surface area contributed by atoms with E-state index in [2.05, 4.69) is 56.5 Å². The number of ether oxygens (including phenoxy) is 2. The van der Waals surface area contributed by atoms with Crippen molar-refractivity contribution < 1.29 is 13.9 Å². The van der Waals surface area contributed by atoms with Gasteiger partial charge in [-0.25, -0.2) is 4.98 Å². The lowest BCUT2D eigenvalue weighted by Crippen LogP contribution is -2.39. The first-order chi connectivity index (χ1) is 17.7. The average Bonchev–Trinajstić information content (AvgIpc) is 3.31. The number of pyridine rings is 1. The maximum Gasteiger partial charge on any atom is 0.229 e. The van der Waals surface area contributed by atoms with Crippen LogP contribution in [0.3, 0.4) is 0 Å². The van der Waals surface area contributed by atoms with Crippen LogP contribution < -0.4 is 10.1 Å². The maximum atomic E-state index is 6.40. The van der Waals surface area contributed by atoms with Crippen molar-refractivity contribution in [3.05, 3.63) is 66.9 Å². The molecule has 0 atom stereocenters.